The normalized spacial score (nSPS) is 11.1. The van der Waals surface area contributed by atoms with E-state index >= 15 is 0 Å². The molecule has 0 aromatic heterocycles. The van der Waals surface area contributed by atoms with Crippen LogP contribution in [0.25, 0.3) is 0 Å². The van der Waals surface area contributed by atoms with E-state index in [1.807, 2.05) is 12.1 Å². The van der Waals surface area contributed by atoms with Crippen molar-refractivity contribution >= 4 is 23.2 Å². The zero-order valence-electron chi connectivity index (χ0n) is 9.89. The van der Waals surface area contributed by atoms with Gasteiger partial charge in [-0.3, -0.25) is 0 Å². The Kier molecular flexibility index (Phi) is 6.18. The van der Waals surface area contributed by atoms with Gasteiger partial charge in [-0.25, -0.2) is 0 Å². The second kappa shape index (κ2) is 7.16. The monoisotopic (exact) mass is 259 g/mol. The molecule has 1 aromatic carbocycles. The van der Waals surface area contributed by atoms with Crippen molar-refractivity contribution in [2.75, 3.05) is 6.54 Å². The topological polar surface area (TPSA) is 12.0 Å². The lowest BCUT2D eigenvalue weighted by Crippen LogP contribution is -2.15. The second-order valence-corrected chi connectivity index (χ2v) is 5.36. The molecule has 0 radical (unpaired) electrons. The highest BCUT2D eigenvalue weighted by atomic mass is 35.5. The van der Waals surface area contributed by atoms with Crippen molar-refractivity contribution in [3.8, 4) is 0 Å². The van der Waals surface area contributed by atoms with E-state index in [1.54, 1.807) is 6.07 Å². The van der Waals surface area contributed by atoms with Gasteiger partial charge in [0.25, 0.3) is 0 Å². The fourth-order valence-electron chi connectivity index (χ4n) is 1.58. The van der Waals surface area contributed by atoms with Crippen LogP contribution in [-0.2, 0) is 6.54 Å². The molecule has 0 spiro atoms. The number of hydrogen-bond acceptors (Lipinski definition) is 1. The summed E-state index contributed by atoms with van der Waals surface area (Å²) in [5, 5.41) is 4.80. The van der Waals surface area contributed by atoms with E-state index in [4.69, 9.17) is 23.2 Å². The van der Waals surface area contributed by atoms with Crippen molar-refractivity contribution in [3.63, 3.8) is 0 Å². The van der Waals surface area contributed by atoms with Gasteiger partial charge < -0.3 is 5.32 Å². The van der Waals surface area contributed by atoms with Gasteiger partial charge in [0.15, 0.2) is 0 Å². The van der Waals surface area contributed by atoms with Crippen LogP contribution in [0.2, 0.25) is 10.0 Å². The predicted octanol–water partition coefficient (Wildman–Crippen LogP) is 4.52. The Morgan fingerprint density at radius 2 is 1.75 bits per heavy atom. The maximum Gasteiger partial charge on any atom is 0.0424 e. The average Bonchev–Trinajstić information content (AvgIpc) is 2.15. The maximum absolute atomic E-state index is 5.92. The number of hydrogen-bond donors (Lipinski definition) is 1. The highest BCUT2D eigenvalue weighted by molar-refractivity contribution is 6.34. The van der Waals surface area contributed by atoms with Gasteiger partial charge in [-0.05, 0) is 49.1 Å². The van der Waals surface area contributed by atoms with Gasteiger partial charge in [0.2, 0.25) is 0 Å². The van der Waals surface area contributed by atoms with Crippen LogP contribution in [0.3, 0.4) is 0 Å². The van der Waals surface area contributed by atoms with Crippen molar-refractivity contribution in [2.45, 2.75) is 33.2 Å². The molecule has 0 fully saturated rings. The van der Waals surface area contributed by atoms with Gasteiger partial charge in [0.05, 0.1) is 0 Å². The van der Waals surface area contributed by atoms with E-state index in [1.165, 1.54) is 12.8 Å². The number of nitrogens with one attached hydrogen (secondary N) is 1. The Morgan fingerprint density at radius 1 is 1.12 bits per heavy atom. The van der Waals surface area contributed by atoms with E-state index in [0.29, 0.717) is 10.0 Å². The first kappa shape index (κ1) is 13.8. The lowest BCUT2D eigenvalue weighted by Gasteiger charge is -2.07. The molecule has 1 N–H and O–H groups in total. The Hall–Kier alpha value is -0.240. The minimum atomic E-state index is 0.700. The molecule has 0 saturated heterocycles. The van der Waals surface area contributed by atoms with Crippen LogP contribution in [0.5, 0.6) is 0 Å². The third kappa shape index (κ3) is 5.74. The molecular weight excluding hydrogens is 241 g/mol. The van der Waals surface area contributed by atoms with Crippen LogP contribution in [0.4, 0.5) is 0 Å². The minimum Gasteiger partial charge on any atom is -0.313 e. The molecule has 0 heterocycles. The van der Waals surface area contributed by atoms with E-state index in [0.717, 1.165) is 24.6 Å². The molecule has 90 valence electrons. The molecule has 3 heteroatoms. The van der Waals surface area contributed by atoms with Crippen LogP contribution in [-0.4, -0.2) is 6.54 Å². The van der Waals surface area contributed by atoms with Gasteiger partial charge in [-0.15, -0.1) is 0 Å². The first-order valence-corrected chi connectivity index (χ1v) is 6.49. The molecule has 1 aromatic rings. The molecule has 1 nitrogen and oxygen atoms in total. The van der Waals surface area contributed by atoms with Gasteiger partial charge in [-0.2, -0.15) is 0 Å². The molecule has 0 aliphatic carbocycles. The van der Waals surface area contributed by atoms with Crippen LogP contribution in [0.15, 0.2) is 18.2 Å². The average molecular weight is 260 g/mol. The minimum absolute atomic E-state index is 0.700. The van der Waals surface area contributed by atoms with Crippen molar-refractivity contribution in [1.82, 2.24) is 5.32 Å². The standard InChI is InChI=1S/C13H19Cl2N/c1-10(2)4-3-5-16-9-11-6-12(14)8-13(15)7-11/h6-8,10,16H,3-5,9H2,1-2H3. The summed E-state index contributed by atoms with van der Waals surface area (Å²) in [6.45, 7) is 6.37. The number of benzene rings is 1. The summed E-state index contributed by atoms with van der Waals surface area (Å²) in [6, 6.07) is 5.65. The predicted molar refractivity (Wildman–Crippen MR) is 72.2 cm³/mol. The van der Waals surface area contributed by atoms with Crippen LogP contribution in [0, 0.1) is 5.92 Å². The summed E-state index contributed by atoms with van der Waals surface area (Å²) in [7, 11) is 0. The van der Waals surface area contributed by atoms with Crippen molar-refractivity contribution < 1.29 is 0 Å². The summed E-state index contributed by atoms with van der Waals surface area (Å²) >= 11 is 11.8. The molecule has 1 rings (SSSR count). The fraction of sp³-hybridized carbons (Fsp3) is 0.538. The Morgan fingerprint density at radius 3 is 2.31 bits per heavy atom. The third-order valence-electron chi connectivity index (χ3n) is 2.39. The number of rotatable bonds is 6. The van der Waals surface area contributed by atoms with E-state index in [-0.39, 0.29) is 0 Å². The van der Waals surface area contributed by atoms with Crippen LogP contribution < -0.4 is 5.32 Å². The van der Waals surface area contributed by atoms with Crippen LogP contribution in [0.1, 0.15) is 32.3 Å². The van der Waals surface area contributed by atoms with Gasteiger partial charge in [0.1, 0.15) is 0 Å². The molecule has 0 saturated carbocycles. The summed E-state index contributed by atoms with van der Waals surface area (Å²) in [5.41, 5.74) is 1.14. The Balaban J connectivity index is 2.26. The second-order valence-electron chi connectivity index (χ2n) is 4.49. The smallest absolute Gasteiger partial charge is 0.0424 e. The lowest BCUT2D eigenvalue weighted by atomic mass is 10.1. The molecule has 0 atom stereocenters. The van der Waals surface area contributed by atoms with Gasteiger partial charge >= 0.3 is 0 Å². The first-order chi connectivity index (χ1) is 7.58. The molecule has 0 aliphatic heterocycles. The molecule has 16 heavy (non-hydrogen) atoms. The summed E-state index contributed by atoms with van der Waals surface area (Å²) < 4.78 is 0. The maximum atomic E-state index is 5.92. The highest BCUT2D eigenvalue weighted by Crippen LogP contribution is 2.18. The molecule has 0 bridgehead atoms. The van der Waals surface area contributed by atoms with E-state index < -0.39 is 0 Å². The van der Waals surface area contributed by atoms with E-state index in [9.17, 15) is 0 Å². The Bertz CT molecular complexity index is 303. The molecule has 0 aliphatic rings. The lowest BCUT2D eigenvalue weighted by molar-refractivity contribution is 0.527. The van der Waals surface area contributed by atoms with Gasteiger partial charge in [0, 0.05) is 16.6 Å². The number of halogens is 2. The summed E-state index contributed by atoms with van der Waals surface area (Å²) in [6.07, 6.45) is 2.48. The van der Waals surface area contributed by atoms with Crippen molar-refractivity contribution in [1.29, 1.82) is 0 Å². The van der Waals surface area contributed by atoms with Gasteiger partial charge in [-0.1, -0.05) is 37.0 Å². The first-order valence-electron chi connectivity index (χ1n) is 5.73. The van der Waals surface area contributed by atoms with Crippen molar-refractivity contribution in [2.24, 2.45) is 5.92 Å². The van der Waals surface area contributed by atoms with Crippen LogP contribution >= 0.6 is 23.2 Å². The molecule has 0 unspecified atom stereocenters. The van der Waals surface area contributed by atoms with E-state index in [2.05, 4.69) is 19.2 Å². The Labute approximate surface area is 108 Å². The summed E-state index contributed by atoms with van der Waals surface area (Å²) in [4.78, 5) is 0. The SMILES string of the molecule is CC(C)CCCNCc1cc(Cl)cc(Cl)c1. The summed E-state index contributed by atoms with van der Waals surface area (Å²) in [5.74, 6) is 0.780. The highest BCUT2D eigenvalue weighted by Gasteiger charge is 1.98. The quantitative estimate of drug-likeness (QED) is 0.741. The molecular formula is C13H19Cl2N. The van der Waals surface area contributed by atoms with Crippen molar-refractivity contribution in [3.05, 3.63) is 33.8 Å². The zero-order chi connectivity index (χ0) is 12.0. The largest absolute Gasteiger partial charge is 0.313 e. The molecule has 0 amide bonds. The third-order valence-corrected chi connectivity index (χ3v) is 2.82. The zero-order valence-corrected chi connectivity index (χ0v) is 11.4. The fourth-order valence-corrected chi connectivity index (χ4v) is 2.15.